The molecule has 0 atom stereocenters. The van der Waals surface area contributed by atoms with E-state index in [4.69, 9.17) is 18.0 Å². The van der Waals surface area contributed by atoms with Gasteiger partial charge in [0.05, 0.1) is 4.99 Å². The van der Waals surface area contributed by atoms with Crippen molar-refractivity contribution >= 4 is 17.2 Å². The van der Waals surface area contributed by atoms with Crippen LogP contribution in [0.5, 0.6) is 0 Å². The van der Waals surface area contributed by atoms with Crippen LogP contribution in [0.25, 0.3) is 0 Å². The molecule has 0 bridgehead atoms. The van der Waals surface area contributed by atoms with E-state index in [1.807, 2.05) is 0 Å². The summed E-state index contributed by atoms with van der Waals surface area (Å²) in [6, 6.07) is 1.51. The summed E-state index contributed by atoms with van der Waals surface area (Å²) in [5.74, 6) is 0.918. The lowest BCUT2D eigenvalue weighted by Gasteiger charge is -2.39. The second-order valence-electron chi connectivity index (χ2n) is 5.99. The molecule has 0 aliphatic heterocycles. The normalized spacial score (nSPS) is 30.9. The van der Waals surface area contributed by atoms with E-state index in [0.717, 1.165) is 24.5 Å². The fourth-order valence-electron chi connectivity index (χ4n) is 3.55. The number of hydrogen-bond donors (Lipinski definition) is 1. The quantitative estimate of drug-likeness (QED) is 0.782. The van der Waals surface area contributed by atoms with Crippen LogP contribution < -0.4 is 5.73 Å². The average Bonchev–Trinajstić information content (AvgIpc) is 2.80. The first-order valence-corrected chi connectivity index (χ1v) is 7.61. The zero-order chi connectivity index (χ0) is 12.3. The van der Waals surface area contributed by atoms with Crippen molar-refractivity contribution in [3.8, 4) is 0 Å². The summed E-state index contributed by atoms with van der Waals surface area (Å²) < 4.78 is 0. The van der Waals surface area contributed by atoms with E-state index in [9.17, 15) is 0 Å². The topological polar surface area (TPSA) is 29.3 Å². The molecule has 0 unspecified atom stereocenters. The van der Waals surface area contributed by atoms with Gasteiger partial charge in [-0.2, -0.15) is 0 Å². The van der Waals surface area contributed by atoms with Crippen molar-refractivity contribution in [3.63, 3.8) is 0 Å². The van der Waals surface area contributed by atoms with Gasteiger partial charge >= 0.3 is 0 Å². The molecule has 2 aliphatic carbocycles. The van der Waals surface area contributed by atoms with Crippen molar-refractivity contribution in [2.24, 2.45) is 11.7 Å². The Morgan fingerprint density at radius 2 is 1.59 bits per heavy atom. The minimum absolute atomic E-state index is 0.676. The van der Waals surface area contributed by atoms with Crippen LogP contribution >= 0.6 is 12.2 Å². The van der Waals surface area contributed by atoms with Crippen molar-refractivity contribution in [2.75, 3.05) is 6.54 Å². The zero-order valence-electron chi connectivity index (χ0n) is 11.0. The fourth-order valence-corrected chi connectivity index (χ4v) is 3.70. The van der Waals surface area contributed by atoms with Gasteiger partial charge in [-0.05, 0) is 44.4 Å². The van der Waals surface area contributed by atoms with Gasteiger partial charge in [-0.1, -0.05) is 32.0 Å². The molecule has 0 aromatic heterocycles. The highest BCUT2D eigenvalue weighted by atomic mass is 32.1. The Labute approximate surface area is 111 Å². The number of nitrogens with zero attached hydrogens (tertiary/aromatic N) is 1. The van der Waals surface area contributed by atoms with Crippen LogP contribution in [0.4, 0.5) is 0 Å². The van der Waals surface area contributed by atoms with Crippen molar-refractivity contribution < 1.29 is 0 Å². The number of nitrogens with two attached hydrogens (primary N) is 1. The SMILES string of the molecule is CC1CCC(N(CC(N)=S)C2CCCC2)CC1. The van der Waals surface area contributed by atoms with Crippen molar-refractivity contribution in [1.29, 1.82) is 0 Å². The van der Waals surface area contributed by atoms with Crippen molar-refractivity contribution in [3.05, 3.63) is 0 Å². The van der Waals surface area contributed by atoms with Crippen LogP contribution in [-0.2, 0) is 0 Å². The lowest BCUT2D eigenvalue weighted by Crippen LogP contribution is -2.47. The van der Waals surface area contributed by atoms with E-state index >= 15 is 0 Å². The van der Waals surface area contributed by atoms with Crippen molar-refractivity contribution in [2.45, 2.75) is 70.4 Å². The maximum Gasteiger partial charge on any atom is 0.0870 e. The van der Waals surface area contributed by atoms with E-state index in [2.05, 4.69) is 11.8 Å². The van der Waals surface area contributed by atoms with E-state index in [-0.39, 0.29) is 0 Å². The molecule has 0 spiro atoms. The van der Waals surface area contributed by atoms with Gasteiger partial charge in [0.15, 0.2) is 0 Å². The molecule has 2 N–H and O–H groups in total. The van der Waals surface area contributed by atoms with Gasteiger partial charge < -0.3 is 5.73 Å². The summed E-state index contributed by atoms with van der Waals surface area (Å²) in [7, 11) is 0. The number of rotatable bonds is 4. The predicted molar refractivity (Wildman–Crippen MR) is 77.2 cm³/mol. The number of hydrogen-bond acceptors (Lipinski definition) is 2. The van der Waals surface area contributed by atoms with E-state index < -0.39 is 0 Å². The Balaban J connectivity index is 1.96. The van der Waals surface area contributed by atoms with Crippen LogP contribution in [0, 0.1) is 5.92 Å². The largest absolute Gasteiger partial charge is 0.392 e. The third-order valence-electron chi connectivity index (χ3n) is 4.59. The van der Waals surface area contributed by atoms with Crippen LogP contribution in [0.2, 0.25) is 0 Å². The molecule has 2 saturated carbocycles. The third-order valence-corrected chi connectivity index (χ3v) is 4.72. The second kappa shape index (κ2) is 6.14. The Morgan fingerprint density at radius 3 is 2.12 bits per heavy atom. The molecule has 3 heteroatoms. The van der Waals surface area contributed by atoms with Gasteiger partial charge in [0.2, 0.25) is 0 Å². The molecule has 0 amide bonds. The van der Waals surface area contributed by atoms with Crippen molar-refractivity contribution in [1.82, 2.24) is 4.90 Å². The first-order valence-electron chi connectivity index (χ1n) is 7.21. The average molecular weight is 254 g/mol. The molecule has 0 aromatic carbocycles. The highest BCUT2D eigenvalue weighted by Gasteiger charge is 2.31. The first-order chi connectivity index (χ1) is 8.16. The molecule has 0 saturated heterocycles. The second-order valence-corrected chi connectivity index (χ2v) is 6.52. The third kappa shape index (κ3) is 3.65. The molecule has 2 fully saturated rings. The molecule has 0 heterocycles. The van der Waals surface area contributed by atoms with Crippen LogP contribution in [-0.4, -0.2) is 28.5 Å². The standard InChI is InChI=1S/C14H26N2S/c1-11-6-8-13(9-7-11)16(10-14(15)17)12-4-2-3-5-12/h11-13H,2-10H2,1H3,(H2,15,17). The summed E-state index contributed by atoms with van der Waals surface area (Å²) >= 11 is 5.14. The van der Waals surface area contributed by atoms with E-state index in [1.54, 1.807) is 0 Å². The highest BCUT2D eigenvalue weighted by Crippen LogP contribution is 2.32. The molecule has 98 valence electrons. The molecule has 17 heavy (non-hydrogen) atoms. The molecule has 0 aromatic rings. The summed E-state index contributed by atoms with van der Waals surface area (Å²) in [6.45, 7) is 3.22. The maximum absolute atomic E-state index is 5.78. The van der Waals surface area contributed by atoms with E-state index in [0.29, 0.717) is 4.99 Å². The van der Waals surface area contributed by atoms with Crippen LogP contribution in [0.1, 0.15) is 58.3 Å². The van der Waals surface area contributed by atoms with Gasteiger partial charge in [-0.25, -0.2) is 0 Å². The molecule has 2 aliphatic rings. The van der Waals surface area contributed by atoms with Gasteiger partial charge in [-0.3, -0.25) is 4.90 Å². The molecule has 2 rings (SSSR count). The maximum atomic E-state index is 5.78. The fraction of sp³-hybridized carbons (Fsp3) is 0.929. The van der Waals surface area contributed by atoms with Gasteiger partial charge in [0, 0.05) is 18.6 Å². The van der Waals surface area contributed by atoms with Gasteiger partial charge in [0.1, 0.15) is 0 Å². The number of thiocarbonyl (C=S) groups is 1. The summed E-state index contributed by atoms with van der Waals surface area (Å²) in [4.78, 5) is 3.32. The van der Waals surface area contributed by atoms with Crippen LogP contribution in [0.15, 0.2) is 0 Å². The zero-order valence-corrected chi connectivity index (χ0v) is 11.8. The Kier molecular flexibility index (Phi) is 4.80. The summed E-state index contributed by atoms with van der Waals surface area (Å²) in [5.41, 5.74) is 5.78. The summed E-state index contributed by atoms with van der Waals surface area (Å²) in [5, 5.41) is 0. The molecule has 2 nitrogen and oxygen atoms in total. The van der Waals surface area contributed by atoms with E-state index in [1.165, 1.54) is 51.4 Å². The molecular formula is C14H26N2S. The molecular weight excluding hydrogens is 228 g/mol. The lowest BCUT2D eigenvalue weighted by atomic mass is 9.86. The Hall–Kier alpha value is -0.150. The highest BCUT2D eigenvalue weighted by molar-refractivity contribution is 7.80. The predicted octanol–water partition coefficient (Wildman–Crippen LogP) is 3.10. The van der Waals surface area contributed by atoms with Gasteiger partial charge in [0.25, 0.3) is 0 Å². The monoisotopic (exact) mass is 254 g/mol. The minimum Gasteiger partial charge on any atom is -0.392 e. The Bertz CT molecular complexity index is 253. The summed E-state index contributed by atoms with van der Waals surface area (Å²) in [6.07, 6.45) is 10.9. The van der Waals surface area contributed by atoms with Gasteiger partial charge in [-0.15, -0.1) is 0 Å². The first kappa shape index (κ1) is 13.3. The minimum atomic E-state index is 0.676. The van der Waals surface area contributed by atoms with Crippen LogP contribution in [0.3, 0.4) is 0 Å². The smallest absolute Gasteiger partial charge is 0.0870 e. The lowest BCUT2D eigenvalue weighted by molar-refractivity contribution is 0.113. The Morgan fingerprint density at radius 1 is 1.06 bits per heavy atom. The molecule has 0 radical (unpaired) electrons.